The number of carbonyl (C=O) groups is 3. The number of hydrogen-bond donors (Lipinski definition) is 2. The number of carbonyl (C=O) groups excluding carboxylic acids is 3. The Kier molecular flexibility index (Phi) is 5.11. The molecule has 1 unspecified atom stereocenters. The van der Waals surface area contributed by atoms with Gasteiger partial charge in [0.1, 0.15) is 0 Å². The fourth-order valence-electron chi connectivity index (χ4n) is 2.13. The van der Waals surface area contributed by atoms with Gasteiger partial charge in [-0.15, -0.1) is 11.8 Å². The number of hydrazine groups is 1. The Morgan fingerprint density at radius 3 is 2.90 bits per heavy atom. The minimum absolute atomic E-state index is 0.101. The van der Waals surface area contributed by atoms with Crippen LogP contribution >= 0.6 is 11.8 Å². The van der Waals surface area contributed by atoms with E-state index in [1.54, 1.807) is 24.3 Å². The number of benzene rings is 1. The highest BCUT2D eigenvalue weighted by molar-refractivity contribution is 8.00. The Balaban J connectivity index is 2.16. The van der Waals surface area contributed by atoms with Crippen LogP contribution in [0.2, 0.25) is 0 Å². The number of nitrogens with zero attached hydrogens (tertiary/aromatic N) is 1. The molecule has 112 valence electrons. The van der Waals surface area contributed by atoms with E-state index < -0.39 is 0 Å². The van der Waals surface area contributed by atoms with Crippen molar-refractivity contribution in [3.05, 3.63) is 29.8 Å². The zero-order valence-corrected chi connectivity index (χ0v) is 12.5. The Morgan fingerprint density at radius 2 is 2.24 bits per heavy atom. The second kappa shape index (κ2) is 6.84. The summed E-state index contributed by atoms with van der Waals surface area (Å²) in [7, 11) is 0. The molecule has 7 heteroatoms. The van der Waals surface area contributed by atoms with Crippen LogP contribution in [0.4, 0.5) is 5.69 Å². The third-order valence-electron chi connectivity index (χ3n) is 3.18. The zero-order chi connectivity index (χ0) is 15.4. The lowest BCUT2D eigenvalue weighted by Crippen LogP contribution is -2.31. The highest BCUT2D eigenvalue weighted by Gasteiger charge is 2.39. The smallest absolute Gasteiger partial charge is 0.247 e. The van der Waals surface area contributed by atoms with Crippen LogP contribution in [0.1, 0.15) is 23.7 Å². The van der Waals surface area contributed by atoms with Crippen molar-refractivity contribution in [2.24, 2.45) is 5.84 Å². The van der Waals surface area contributed by atoms with E-state index in [9.17, 15) is 14.4 Å². The fraction of sp³-hybridized carbons (Fsp3) is 0.357. The van der Waals surface area contributed by atoms with Gasteiger partial charge in [-0.05, 0) is 19.1 Å². The maximum Gasteiger partial charge on any atom is 0.247 e. The van der Waals surface area contributed by atoms with Gasteiger partial charge >= 0.3 is 0 Å². The molecule has 0 radical (unpaired) electrons. The van der Waals surface area contributed by atoms with Crippen molar-refractivity contribution in [3.63, 3.8) is 0 Å². The van der Waals surface area contributed by atoms with Crippen molar-refractivity contribution in [2.45, 2.75) is 18.6 Å². The number of Topliss-reactive ketones (excluding diaryl/α,β-unsaturated/α-hetero) is 1. The number of hydrogen-bond acceptors (Lipinski definition) is 6. The van der Waals surface area contributed by atoms with Gasteiger partial charge in [-0.3, -0.25) is 25.7 Å². The normalized spacial score (nSPS) is 18.4. The summed E-state index contributed by atoms with van der Waals surface area (Å²) in [6.45, 7) is 2.02. The van der Waals surface area contributed by atoms with Gasteiger partial charge in [-0.2, -0.15) is 0 Å². The summed E-state index contributed by atoms with van der Waals surface area (Å²) in [5.41, 5.74) is 3.45. The van der Waals surface area contributed by atoms with E-state index in [1.165, 1.54) is 23.6 Å². The molecule has 1 fully saturated rings. The summed E-state index contributed by atoms with van der Waals surface area (Å²) >= 11 is 1.41. The van der Waals surface area contributed by atoms with E-state index >= 15 is 0 Å². The van der Waals surface area contributed by atoms with Crippen LogP contribution in [0.5, 0.6) is 0 Å². The first-order valence-corrected chi connectivity index (χ1v) is 7.62. The van der Waals surface area contributed by atoms with Crippen LogP contribution in [0.3, 0.4) is 0 Å². The molecule has 2 rings (SSSR count). The second-order valence-electron chi connectivity index (χ2n) is 4.69. The van der Waals surface area contributed by atoms with Crippen LogP contribution < -0.4 is 16.2 Å². The van der Waals surface area contributed by atoms with Crippen molar-refractivity contribution in [1.29, 1.82) is 0 Å². The van der Waals surface area contributed by atoms with Gasteiger partial charge in [-0.1, -0.05) is 12.1 Å². The van der Waals surface area contributed by atoms with E-state index in [4.69, 9.17) is 5.84 Å². The number of thioether (sulfide) groups is 1. The molecule has 0 spiro atoms. The minimum Gasteiger partial charge on any atom is -0.295 e. The molecule has 1 atom stereocenters. The van der Waals surface area contributed by atoms with Gasteiger partial charge in [0.05, 0.1) is 10.9 Å². The van der Waals surface area contributed by atoms with Crippen molar-refractivity contribution >= 4 is 35.0 Å². The van der Waals surface area contributed by atoms with E-state index in [1.807, 2.05) is 0 Å². The van der Waals surface area contributed by atoms with Crippen molar-refractivity contribution in [1.82, 2.24) is 5.43 Å². The quantitative estimate of drug-likeness (QED) is 0.264. The maximum atomic E-state index is 12.3. The molecular weight excluding hydrogens is 290 g/mol. The fourth-order valence-corrected chi connectivity index (χ4v) is 3.16. The molecule has 0 aliphatic carbocycles. The highest BCUT2D eigenvalue weighted by Crippen LogP contribution is 2.29. The van der Waals surface area contributed by atoms with Gasteiger partial charge in [-0.25, -0.2) is 4.90 Å². The van der Waals surface area contributed by atoms with Crippen molar-refractivity contribution < 1.29 is 14.4 Å². The number of nitrogens with one attached hydrogen (secondary N) is 1. The SMILES string of the molecule is CC(=O)c1cccc(N2C(=O)CC(SCCNN)C2=O)c1. The first-order valence-electron chi connectivity index (χ1n) is 6.57. The molecule has 1 aliphatic rings. The first-order chi connectivity index (χ1) is 10.0. The van der Waals surface area contributed by atoms with E-state index in [0.29, 0.717) is 23.5 Å². The number of rotatable bonds is 6. The summed E-state index contributed by atoms with van der Waals surface area (Å²) in [6, 6.07) is 6.57. The zero-order valence-electron chi connectivity index (χ0n) is 11.7. The number of nitrogens with two attached hydrogens (primary N) is 1. The molecule has 1 heterocycles. The number of ketones is 1. The lowest BCUT2D eigenvalue weighted by atomic mass is 10.1. The predicted octanol–water partition coefficient (Wildman–Crippen LogP) is 0.718. The van der Waals surface area contributed by atoms with Crippen molar-refractivity contribution in [2.75, 3.05) is 17.2 Å². The van der Waals surface area contributed by atoms with E-state index in [2.05, 4.69) is 5.43 Å². The van der Waals surface area contributed by atoms with Crippen LogP contribution in [0.25, 0.3) is 0 Å². The maximum absolute atomic E-state index is 12.3. The molecule has 1 aromatic carbocycles. The van der Waals surface area contributed by atoms with Gasteiger partial charge in [0.2, 0.25) is 11.8 Å². The molecule has 2 amide bonds. The van der Waals surface area contributed by atoms with Gasteiger partial charge < -0.3 is 0 Å². The summed E-state index contributed by atoms with van der Waals surface area (Å²) in [5, 5.41) is -0.383. The first kappa shape index (κ1) is 15.7. The monoisotopic (exact) mass is 307 g/mol. The Labute approximate surface area is 127 Å². The molecule has 3 N–H and O–H groups in total. The third-order valence-corrected chi connectivity index (χ3v) is 4.39. The van der Waals surface area contributed by atoms with Crippen molar-refractivity contribution in [3.8, 4) is 0 Å². The summed E-state index contributed by atoms with van der Waals surface area (Å²) in [4.78, 5) is 37.0. The molecule has 0 bridgehead atoms. The second-order valence-corrected chi connectivity index (χ2v) is 6.00. The molecule has 1 aliphatic heterocycles. The lowest BCUT2D eigenvalue weighted by Gasteiger charge is -2.15. The molecule has 0 saturated carbocycles. The average Bonchev–Trinajstić information content (AvgIpc) is 2.74. The minimum atomic E-state index is -0.383. The predicted molar refractivity (Wildman–Crippen MR) is 82.0 cm³/mol. The van der Waals surface area contributed by atoms with E-state index in [-0.39, 0.29) is 29.3 Å². The molecule has 21 heavy (non-hydrogen) atoms. The Hall–Kier alpha value is -1.70. The van der Waals surface area contributed by atoms with Crippen LogP contribution in [-0.2, 0) is 9.59 Å². The largest absolute Gasteiger partial charge is 0.295 e. The Bertz CT molecular complexity index is 576. The standard InChI is InChI=1S/C14H17N3O3S/c1-9(18)10-3-2-4-11(7-10)17-13(19)8-12(14(17)20)21-6-5-16-15/h2-4,7,12,16H,5-6,8,15H2,1H3. The molecular formula is C14H17N3O3S. The number of imide groups is 1. The molecule has 1 saturated heterocycles. The van der Waals surface area contributed by atoms with Crippen LogP contribution in [0.15, 0.2) is 24.3 Å². The summed E-state index contributed by atoms with van der Waals surface area (Å²) < 4.78 is 0. The molecule has 6 nitrogen and oxygen atoms in total. The summed E-state index contributed by atoms with van der Waals surface area (Å²) in [5.74, 6) is 5.26. The molecule has 0 aromatic heterocycles. The van der Waals surface area contributed by atoms with E-state index in [0.717, 1.165) is 0 Å². The van der Waals surface area contributed by atoms with Crippen LogP contribution in [0, 0.1) is 0 Å². The highest BCUT2D eigenvalue weighted by atomic mass is 32.2. The van der Waals surface area contributed by atoms with Gasteiger partial charge in [0, 0.05) is 24.3 Å². The lowest BCUT2D eigenvalue weighted by molar-refractivity contribution is -0.121. The topological polar surface area (TPSA) is 92.5 Å². The average molecular weight is 307 g/mol. The Morgan fingerprint density at radius 1 is 1.48 bits per heavy atom. The summed E-state index contributed by atoms with van der Waals surface area (Å²) in [6.07, 6.45) is 0.179. The van der Waals surface area contributed by atoms with Crippen LogP contribution in [-0.4, -0.2) is 35.1 Å². The number of anilines is 1. The van der Waals surface area contributed by atoms with Gasteiger partial charge in [0.25, 0.3) is 0 Å². The third kappa shape index (κ3) is 3.49. The number of amides is 2. The molecule has 1 aromatic rings. The van der Waals surface area contributed by atoms with Gasteiger partial charge in [0.15, 0.2) is 5.78 Å².